The van der Waals surface area contributed by atoms with Crippen LogP contribution in [0.15, 0.2) is 24.5 Å². The van der Waals surface area contributed by atoms with Crippen molar-refractivity contribution in [1.29, 1.82) is 0 Å². The van der Waals surface area contributed by atoms with Crippen LogP contribution >= 0.6 is 0 Å². The van der Waals surface area contributed by atoms with Crippen molar-refractivity contribution in [3.8, 4) is 0 Å². The summed E-state index contributed by atoms with van der Waals surface area (Å²) in [5.74, 6) is 0. The van der Waals surface area contributed by atoms with Gasteiger partial charge in [0.1, 0.15) is 0 Å². The third kappa shape index (κ3) is 2.62. The van der Waals surface area contributed by atoms with Gasteiger partial charge in [-0.15, -0.1) is 0 Å². The van der Waals surface area contributed by atoms with E-state index in [4.69, 9.17) is 5.73 Å². The molecule has 1 rings (SSSR count). The molecule has 0 spiro atoms. The smallest absolute Gasteiger partial charge is 0.0315 e. The van der Waals surface area contributed by atoms with E-state index in [1.165, 1.54) is 12.8 Å². The van der Waals surface area contributed by atoms with Crippen LogP contribution in [-0.2, 0) is 0 Å². The minimum atomic E-state index is 0.165. The molecule has 0 radical (unpaired) electrons. The van der Waals surface area contributed by atoms with Crippen molar-refractivity contribution in [2.45, 2.75) is 32.2 Å². The number of aromatic nitrogens is 1. The topological polar surface area (TPSA) is 38.9 Å². The van der Waals surface area contributed by atoms with Gasteiger partial charge in [-0.05, 0) is 18.1 Å². The van der Waals surface area contributed by atoms with Crippen LogP contribution in [0.1, 0.15) is 37.8 Å². The average molecular weight is 164 g/mol. The molecule has 12 heavy (non-hydrogen) atoms. The molecule has 0 saturated carbocycles. The van der Waals surface area contributed by atoms with Crippen LogP contribution in [0.2, 0.25) is 0 Å². The number of unbranched alkanes of at least 4 members (excludes halogenated alkanes) is 1. The summed E-state index contributed by atoms with van der Waals surface area (Å²) < 4.78 is 0. The fourth-order valence-corrected chi connectivity index (χ4v) is 1.19. The zero-order chi connectivity index (χ0) is 8.81. The Morgan fingerprint density at radius 1 is 1.58 bits per heavy atom. The van der Waals surface area contributed by atoms with Gasteiger partial charge in [0.15, 0.2) is 0 Å². The first-order chi connectivity index (χ1) is 5.84. The van der Waals surface area contributed by atoms with Crippen LogP contribution in [0.4, 0.5) is 0 Å². The lowest BCUT2D eigenvalue weighted by atomic mass is 10.0. The molecule has 2 nitrogen and oxygen atoms in total. The van der Waals surface area contributed by atoms with Gasteiger partial charge in [-0.2, -0.15) is 0 Å². The van der Waals surface area contributed by atoms with Crippen LogP contribution in [-0.4, -0.2) is 4.98 Å². The summed E-state index contributed by atoms with van der Waals surface area (Å²) >= 11 is 0. The van der Waals surface area contributed by atoms with Crippen molar-refractivity contribution in [2.75, 3.05) is 0 Å². The monoisotopic (exact) mass is 164 g/mol. The average Bonchev–Trinajstić information content (AvgIpc) is 2.15. The molecule has 0 saturated heterocycles. The number of hydrogen-bond donors (Lipinski definition) is 1. The second-order valence-electron chi connectivity index (χ2n) is 3.04. The van der Waals surface area contributed by atoms with E-state index in [0.29, 0.717) is 0 Å². The van der Waals surface area contributed by atoms with Gasteiger partial charge >= 0.3 is 0 Å². The summed E-state index contributed by atoms with van der Waals surface area (Å²) in [7, 11) is 0. The predicted molar refractivity (Wildman–Crippen MR) is 50.7 cm³/mol. The van der Waals surface area contributed by atoms with Gasteiger partial charge in [0.05, 0.1) is 0 Å². The summed E-state index contributed by atoms with van der Waals surface area (Å²) in [5, 5.41) is 0. The summed E-state index contributed by atoms with van der Waals surface area (Å²) in [6, 6.07) is 4.13. The maximum atomic E-state index is 5.94. The van der Waals surface area contributed by atoms with Crippen molar-refractivity contribution in [3.05, 3.63) is 30.1 Å². The van der Waals surface area contributed by atoms with Crippen molar-refractivity contribution in [3.63, 3.8) is 0 Å². The lowest BCUT2D eigenvalue weighted by molar-refractivity contribution is 0.602. The Labute approximate surface area is 73.8 Å². The van der Waals surface area contributed by atoms with Gasteiger partial charge in [-0.3, -0.25) is 4.98 Å². The van der Waals surface area contributed by atoms with Crippen LogP contribution in [0, 0.1) is 0 Å². The van der Waals surface area contributed by atoms with E-state index in [1.54, 1.807) is 6.20 Å². The van der Waals surface area contributed by atoms with E-state index in [-0.39, 0.29) is 6.04 Å². The highest BCUT2D eigenvalue weighted by molar-refractivity contribution is 5.12. The second kappa shape index (κ2) is 4.88. The maximum Gasteiger partial charge on any atom is 0.0315 e. The van der Waals surface area contributed by atoms with Crippen molar-refractivity contribution in [1.82, 2.24) is 4.98 Å². The van der Waals surface area contributed by atoms with Gasteiger partial charge in [0, 0.05) is 18.4 Å². The highest BCUT2D eigenvalue weighted by Gasteiger charge is 2.03. The number of hydrogen-bond acceptors (Lipinski definition) is 2. The third-order valence-electron chi connectivity index (χ3n) is 1.98. The standard InChI is InChI=1S/C10H16N2/c1-2-3-6-10(11)9-5-4-7-12-8-9/h4-5,7-8,10H,2-3,6,11H2,1H3. The Hall–Kier alpha value is -0.890. The zero-order valence-electron chi connectivity index (χ0n) is 7.53. The first kappa shape index (κ1) is 9.20. The predicted octanol–water partition coefficient (Wildman–Crippen LogP) is 2.27. The molecule has 0 aliphatic carbocycles. The minimum Gasteiger partial charge on any atom is -0.324 e. The molecular formula is C10H16N2. The maximum absolute atomic E-state index is 5.94. The van der Waals surface area contributed by atoms with Crippen LogP contribution < -0.4 is 5.73 Å². The van der Waals surface area contributed by atoms with E-state index in [1.807, 2.05) is 18.3 Å². The Morgan fingerprint density at radius 2 is 2.42 bits per heavy atom. The van der Waals surface area contributed by atoms with Crippen molar-refractivity contribution < 1.29 is 0 Å². The highest BCUT2D eigenvalue weighted by atomic mass is 14.7. The van der Waals surface area contributed by atoms with Crippen molar-refractivity contribution >= 4 is 0 Å². The SMILES string of the molecule is CCCCC(N)c1cccnc1. The molecule has 1 heterocycles. The third-order valence-corrected chi connectivity index (χ3v) is 1.98. The Bertz CT molecular complexity index is 208. The van der Waals surface area contributed by atoms with Crippen LogP contribution in [0.5, 0.6) is 0 Å². The van der Waals surface area contributed by atoms with Gasteiger partial charge in [0.25, 0.3) is 0 Å². The lowest BCUT2D eigenvalue weighted by Gasteiger charge is -2.09. The van der Waals surface area contributed by atoms with E-state index in [0.717, 1.165) is 12.0 Å². The van der Waals surface area contributed by atoms with Crippen LogP contribution in [0.3, 0.4) is 0 Å². The molecule has 0 bridgehead atoms. The molecule has 1 atom stereocenters. The Morgan fingerprint density at radius 3 is 3.00 bits per heavy atom. The quantitative estimate of drug-likeness (QED) is 0.741. The van der Waals surface area contributed by atoms with E-state index < -0.39 is 0 Å². The highest BCUT2D eigenvalue weighted by Crippen LogP contribution is 2.14. The summed E-state index contributed by atoms with van der Waals surface area (Å²) in [4.78, 5) is 4.03. The molecule has 1 unspecified atom stereocenters. The van der Waals surface area contributed by atoms with E-state index in [9.17, 15) is 0 Å². The lowest BCUT2D eigenvalue weighted by Crippen LogP contribution is -2.09. The number of nitrogens with zero attached hydrogens (tertiary/aromatic N) is 1. The number of pyridine rings is 1. The minimum absolute atomic E-state index is 0.165. The summed E-state index contributed by atoms with van der Waals surface area (Å²) in [5.41, 5.74) is 7.09. The molecule has 1 aromatic rings. The van der Waals surface area contributed by atoms with Gasteiger partial charge < -0.3 is 5.73 Å². The number of nitrogens with two attached hydrogens (primary N) is 1. The van der Waals surface area contributed by atoms with E-state index in [2.05, 4.69) is 11.9 Å². The Balaban J connectivity index is 2.48. The van der Waals surface area contributed by atoms with Gasteiger partial charge in [0.2, 0.25) is 0 Å². The molecule has 0 aliphatic rings. The summed E-state index contributed by atoms with van der Waals surface area (Å²) in [6.45, 7) is 2.18. The molecule has 0 amide bonds. The summed E-state index contributed by atoms with van der Waals surface area (Å²) in [6.07, 6.45) is 7.07. The van der Waals surface area contributed by atoms with Gasteiger partial charge in [-0.25, -0.2) is 0 Å². The second-order valence-corrected chi connectivity index (χ2v) is 3.04. The Kier molecular flexibility index (Phi) is 3.74. The van der Waals surface area contributed by atoms with Gasteiger partial charge in [-0.1, -0.05) is 25.8 Å². The largest absolute Gasteiger partial charge is 0.324 e. The molecule has 2 N–H and O–H groups in total. The zero-order valence-corrected chi connectivity index (χ0v) is 7.53. The molecule has 2 heteroatoms. The molecule has 1 aromatic heterocycles. The fourth-order valence-electron chi connectivity index (χ4n) is 1.19. The molecule has 0 aromatic carbocycles. The molecule has 66 valence electrons. The first-order valence-corrected chi connectivity index (χ1v) is 4.50. The van der Waals surface area contributed by atoms with Crippen LogP contribution in [0.25, 0.3) is 0 Å². The molecule has 0 aliphatic heterocycles. The number of rotatable bonds is 4. The molecule has 0 fully saturated rings. The van der Waals surface area contributed by atoms with Crippen molar-refractivity contribution in [2.24, 2.45) is 5.73 Å². The van der Waals surface area contributed by atoms with E-state index >= 15 is 0 Å². The molecular weight excluding hydrogens is 148 g/mol. The fraction of sp³-hybridized carbons (Fsp3) is 0.500. The first-order valence-electron chi connectivity index (χ1n) is 4.50. The normalized spacial score (nSPS) is 12.8.